The molecule has 0 fully saturated rings. The Morgan fingerprint density at radius 1 is 0.339 bits per heavy atom. The number of hydrogen-bond donors (Lipinski definition) is 0. The molecular formula is C54H33N3O2. The number of fused-ring (bicyclic) bond motifs is 15. The van der Waals surface area contributed by atoms with Gasteiger partial charge in [0, 0.05) is 71.2 Å². The predicted octanol–water partition coefficient (Wildman–Crippen LogP) is 14.6. The van der Waals surface area contributed by atoms with E-state index in [1.165, 1.54) is 54.7 Å². The number of furan rings is 2. The van der Waals surface area contributed by atoms with Gasteiger partial charge < -0.3 is 22.5 Å². The number of aryl methyl sites for hydroxylation is 1. The smallest absolute Gasteiger partial charge is 0.135 e. The van der Waals surface area contributed by atoms with Gasteiger partial charge in [-0.25, -0.2) is 0 Å². The van der Waals surface area contributed by atoms with Crippen LogP contribution in [0.3, 0.4) is 0 Å². The fraction of sp³-hybridized carbons (Fsp3) is 0.0370. The summed E-state index contributed by atoms with van der Waals surface area (Å²) < 4.78 is 19.9. The molecule has 0 bridgehead atoms. The summed E-state index contributed by atoms with van der Waals surface area (Å²) in [7, 11) is 0. The average molecular weight is 756 g/mol. The third-order valence-corrected chi connectivity index (χ3v) is 12.9. The highest BCUT2D eigenvalue weighted by atomic mass is 16.3. The van der Waals surface area contributed by atoms with E-state index in [0.29, 0.717) is 0 Å². The highest BCUT2D eigenvalue weighted by Crippen LogP contribution is 2.43. The maximum Gasteiger partial charge on any atom is 0.135 e. The van der Waals surface area contributed by atoms with Gasteiger partial charge in [0.1, 0.15) is 22.3 Å². The summed E-state index contributed by atoms with van der Waals surface area (Å²) in [6.45, 7) is 0. The van der Waals surface area contributed by atoms with Crippen LogP contribution in [0.4, 0.5) is 0 Å². The number of hydrogen-bond acceptors (Lipinski definition) is 2. The van der Waals surface area contributed by atoms with Crippen molar-refractivity contribution in [2.24, 2.45) is 0 Å². The van der Waals surface area contributed by atoms with Crippen LogP contribution < -0.4 is 0 Å². The summed E-state index contributed by atoms with van der Waals surface area (Å²) in [5, 5.41) is 10.6. The molecule has 0 spiro atoms. The minimum absolute atomic E-state index is 0.892. The zero-order valence-corrected chi connectivity index (χ0v) is 31.8. The molecule has 13 aromatic rings. The molecule has 0 atom stereocenters. The van der Waals surface area contributed by atoms with E-state index < -0.39 is 0 Å². The van der Waals surface area contributed by atoms with Crippen molar-refractivity contribution in [3.05, 3.63) is 181 Å². The fourth-order valence-corrected chi connectivity index (χ4v) is 10.3. The molecule has 5 nitrogen and oxygen atoms in total. The van der Waals surface area contributed by atoms with E-state index in [0.717, 1.165) is 84.8 Å². The van der Waals surface area contributed by atoms with E-state index in [4.69, 9.17) is 8.83 Å². The predicted molar refractivity (Wildman–Crippen MR) is 244 cm³/mol. The van der Waals surface area contributed by atoms with Crippen molar-refractivity contribution in [2.75, 3.05) is 0 Å². The Balaban J connectivity index is 1.10. The van der Waals surface area contributed by atoms with Crippen LogP contribution in [0.25, 0.3) is 122 Å². The molecule has 0 aliphatic heterocycles. The van der Waals surface area contributed by atoms with Gasteiger partial charge in [-0.15, -0.1) is 0 Å². The Bertz CT molecular complexity index is 3970. The SMILES string of the molecule is C1=Cc2c(c3ccccc3n2-c2ccc3c(c2)c2cc4c(cc2n3-c2ccc3oc5ccccc5c3c2)c2ccccc2n4-c2ccc3oc4ccccc4c3c2)CC1. The van der Waals surface area contributed by atoms with Crippen molar-refractivity contribution in [2.45, 2.75) is 12.8 Å². The molecular weight excluding hydrogens is 723 g/mol. The minimum Gasteiger partial charge on any atom is -0.456 e. The summed E-state index contributed by atoms with van der Waals surface area (Å²) in [6.07, 6.45) is 6.75. The monoisotopic (exact) mass is 755 g/mol. The van der Waals surface area contributed by atoms with Gasteiger partial charge in [0.2, 0.25) is 0 Å². The van der Waals surface area contributed by atoms with E-state index in [1.807, 2.05) is 18.2 Å². The third kappa shape index (κ3) is 4.23. The molecule has 59 heavy (non-hydrogen) atoms. The highest BCUT2D eigenvalue weighted by Gasteiger charge is 2.23. The maximum atomic E-state index is 6.31. The van der Waals surface area contributed by atoms with Gasteiger partial charge in [-0.3, -0.25) is 0 Å². The molecule has 0 saturated heterocycles. The third-order valence-electron chi connectivity index (χ3n) is 12.9. The molecule has 0 N–H and O–H groups in total. The van der Waals surface area contributed by atoms with Crippen molar-refractivity contribution in [1.29, 1.82) is 0 Å². The molecule has 0 radical (unpaired) electrons. The Morgan fingerprint density at radius 2 is 0.797 bits per heavy atom. The molecule has 5 heteroatoms. The van der Waals surface area contributed by atoms with Crippen molar-refractivity contribution >= 4 is 104 Å². The summed E-state index contributed by atoms with van der Waals surface area (Å²) in [5.74, 6) is 0. The zero-order valence-electron chi connectivity index (χ0n) is 31.8. The summed E-state index contributed by atoms with van der Waals surface area (Å²) >= 11 is 0. The molecule has 5 heterocycles. The zero-order chi connectivity index (χ0) is 38.3. The number of allylic oxidation sites excluding steroid dienone is 1. The first-order valence-corrected chi connectivity index (χ1v) is 20.4. The molecule has 0 saturated carbocycles. The van der Waals surface area contributed by atoms with Crippen LogP contribution in [-0.2, 0) is 6.42 Å². The second-order valence-corrected chi connectivity index (χ2v) is 16.0. The fourth-order valence-electron chi connectivity index (χ4n) is 10.3. The molecule has 1 aliphatic carbocycles. The molecule has 0 unspecified atom stereocenters. The van der Waals surface area contributed by atoms with Gasteiger partial charge in [0.25, 0.3) is 0 Å². The molecule has 8 aromatic carbocycles. The van der Waals surface area contributed by atoms with Crippen LogP contribution in [-0.4, -0.2) is 13.7 Å². The van der Waals surface area contributed by atoms with Crippen LogP contribution >= 0.6 is 0 Å². The minimum atomic E-state index is 0.892. The number of para-hydroxylation sites is 4. The summed E-state index contributed by atoms with van der Waals surface area (Å²) in [6, 6.07) is 59.4. The first kappa shape index (κ1) is 31.3. The van der Waals surface area contributed by atoms with Crippen LogP contribution in [0, 0.1) is 0 Å². The Kier molecular flexibility index (Phi) is 6.07. The van der Waals surface area contributed by atoms with Crippen molar-refractivity contribution in [1.82, 2.24) is 13.7 Å². The lowest BCUT2D eigenvalue weighted by Gasteiger charge is -2.13. The Labute approximate surface area is 336 Å². The van der Waals surface area contributed by atoms with Gasteiger partial charge >= 0.3 is 0 Å². The van der Waals surface area contributed by atoms with Crippen molar-refractivity contribution < 1.29 is 8.83 Å². The quantitative estimate of drug-likeness (QED) is 0.180. The molecule has 14 rings (SSSR count). The lowest BCUT2D eigenvalue weighted by atomic mass is 10.0. The topological polar surface area (TPSA) is 41.1 Å². The summed E-state index contributed by atoms with van der Waals surface area (Å²) in [5.41, 5.74) is 15.6. The van der Waals surface area contributed by atoms with Gasteiger partial charge in [0.15, 0.2) is 0 Å². The van der Waals surface area contributed by atoms with Crippen LogP contribution in [0.5, 0.6) is 0 Å². The normalized spacial score (nSPS) is 13.2. The largest absolute Gasteiger partial charge is 0.456 e. The molecule has 0 amide bonds. The highest BCUT2D eigenvalue weighted by molar-refractivity contribution is 6.20. The Hall–Kier alpha value is -7.76. The molecule has 276 valence electrons. The van der Waals surface area contributed by atoms with E-state index in [1.54, 1.807) is 0 Å². The molecule has 1 aliphatic rings. The lowest BCUT2D eigenvalue weighted by Crippen LogP contribution is -2.00. The van der Waals surface area contributed by atoms with Gasteiger partial charge in [-0.2, -0.15) is 0 Å². The number of nitrogens with zero attached hydrogens (tertiary/aromatic N) is 3. The van der Waals surface area contributed by atoms with E-state index in [9.17, 15) is 0 Å². The van der Waals surface area contributed by atoms with Crippen molar-refractivity contribution in [3.8, 4) is 17.1 Å². The number of benzene rings is 8. The van der Waals surface area contributed by atoms with Gasteiger partial charge in [0.05, 0.1) is 27.6 Å². The number of rotatable bonds is 3. The standard InChI is InChI=1S/C54H33N3O2/c1-6-16-45-35(11-1)36-12-2-7-17-46(36)55(45)32-21-24-48-40(27-32)42-31-49-41(30-50(42)57(48)34-23-26-54-44(29-34)39-15-5-10-20-52(39)59-54)37-13-3-8-18-47(37)56(49)33-22-25-53-43(28-33)38-14-4-9-19-51(38)58-53/h1,3-11,13-31H,2,12H2. The van der Waals surface area contributed by atoms with Gasteiger partial charge in [-0.1, -0.05) is 78.9 Å². The van der Waals surface area contributed by atoms with Crippen LogP contribution in [0.1, 0.15) is 17.7 Å². The summed E-state index contributed by atoms with van der Waals surface area (Å²) in [4.78, 5) is 0. The number of aromatic nitrogens is 3. The average Bonchev–Trinajstić information content (AvgIpc) is 4.09. The van der Waals surface area contributed by atoms with E-state index in [-0.39, 0.29) is 0 Å². The second kappa shape index (κ2) is 11.4. The van der Waals surface area contributed by atoms with Gasteiger partial charge in [-0.05, 0) is 115 Å². The first-order valence-electron chi connectivity index (χ1n) is 20.4. The maximum absolute atomic E-state index is 6.31. The van der Waals surface area contributed by atoms with E-state index in [2.05, 4.69) is 171 Å². The van der Waals surface area contributed by atoms with Crippen LogP contribution in [0.15, 0.2) is 179 Å². The first-order chi connectivity index (χ1) is 29.2. The molecule has 5 aromatic heterocycles. The van der Waals surface area contributed by atoms with E-state index >= 15 is 0 Å². The lowest BCUT2D eigenvalue weighted by molar-refractivity contribution is 0.668. The van der Waals surface area contributed by atoms with Crippen molar-refractivity contribution in [3.63, 3.8) is 0 Å². The Morgan fingerprint density at radius 3 is 1.46 bits per heavy atom. The second-order valence-electron chi connectivity index (χ2n) is 16.0. The van der Waals surface area contributed by atoms with Crippen LogP contribution in [0.2, 0.25) is 0 Å².